The van der Waals surface area contributed by atoms with Crippen molar-refractivity contribution in [2.45, 2.75) is 17.5 Å². The topological polar surface area (TPSA) is 110 Å². The van der Waals surface area contributed by atoms with Gasteiger partial charge in [-0.1, -0.05) is 81.7 Å². The Kier molecular flexibility index (Phi) is 8.18. The highest BCUT2D eigenvalue weighted by Gasteiger charge is 2.54. The molecular formula is C28H24BrN3O6S. The fourth-order valence-corrected chi connectivity index (χ4v) is 6.51. The second kappa shape index (κ2) is 11.9. The zero-order chi connectivity index (χ0) is 27.4. The molecule has 200 valence electrons. The van der Waals surface area contributed by atoms with E-state index in [4.69, 9.17) is 14.0 Å². The highest BCUT2D eigenvalue weighted by Crippen LogP contribution is 2.42. The molecular weight excluding hydrogens is 586 g/mol. The number of hydrogen-bond donors (Lipinski definition) is 1. The van der Waals surface area contributed by atoms with Gasteiger partial charge >= 0.3 is 5.97 Å². The lowest BCUT2D eigenvalue weighted by molar-refractivity contribution is -0.154. The minimum Gasteiger partial charge on any atom is -0.462 e. The molecule has 0 radical (unpaired) electrons. The Labute approximate surface area is 237 Å². The second-order valence-electron chi connectivity index (χ2n) is 8.65. The van der Waals surface area contributed by atoms with Crippen molar-refractivity contribution in [1.82, 2.24) is 10.2 Å². The van der Waals surface area contributed by atoms with Crippen LogP contribution in [0, 0.1) is 0 Å². The van der Waals surface area contributed by atoms with Crippen LogP contribution >= 0.6 is 27.7 Å². The van der Waals surface area contributed by atoms with E-state index < -0.39 is 35.3 Å². The number of nitrogens with one attached hydrogen (secondary N) is 1. The summed E-state index contributed by atoms with van der Waals surface area (Å²) in [6.07, 6.45) is 0.744. The molecule has 2 aliphatic rings. The number of furan rings is 1. The molecule has 2 amide bonds. The van der Waals surface area contributed by atoms with Crippen molar-refractivity contribution in [3.63, 3.8) is 0 Å². The SMILES string of the molecule is CON=C(C(=O)N[C@@H]1C(=O)N2C(C(=O)OC(c3ccccc3)c3ccccc3)=C(CBr)CS[C@H]12)c1ccco1. The molecule has 1 fully saturated rings. The van der Waals surface area contributed by atoms with Crippen molar-refractivity contribution < 1.29 is 28.4 Å². The Bertz CT molecular complexity index is 1370. The predicted octanol–water partition coefficient (Wildman–Crippen LogP) is 4.01. The highest BCUT2D eigenvalue weighted by molar-refractivity contribution is 9.09. The summed E-state index contributed by atoms with van der Waals surface area (Å²) in [6.45, 7) is 0. The first-order valence-electron chi connectivity index (χ1n) is 12.0. The summed E-state index contributed by atoms with van der Waals surface area (Å²) in [5.41, 5.74) is 2.45. The van der Waals surface area contributed by atoms with E-state index in [0.29, 0.717) is 11.1 Å². The molecule has 1 N–H and O–H groups in total. The number of alkyl halides is 1. The number of carbonyl (C=O) groups excluding carboxylic acids is 3. The van der Waals surface area contributed by atoms with Crippen LogP contribution < -0.4 is 5.32 Å². The van der Waals surface area contributed by atoms with E-state index >= 15 is 0 Å². The smallest absolute Gasteiger partial charge is 0.356 e. The number of halogens is 1. The number of hydrogen-bond acceptors (Lipinski definition) is 8. The molecule has 0 saturated carbocycles. The molecule has 5 rings (SSSR count). The number of carbonyl (C=O) groups is 3. The van der Waals surface area contributed by atoms with Crippen molar-refractivity contribution in [1.29, 1.82) is 0 Å². The highest BCUT2D eigenvalue weighted by atomic mass is 79.9. The second-order valence-corrected chi connectivity index (χ2v) is 10.3. The molecule has 11 heteroatoms. The molecule has 0 aliphatic carbocycles. The van der Waals surface area contributed by atoms with Gasteiger partial charge in [-0.2, -0.15) is 0 Å². The lowest BCUT2D eigenvalue weighted by atomic mass is 10.0. The third-order valence-electron chi connectivity index (χ3n) is 6.27. The largest absolute Gasteiger partial charge is 0.462 e. The van der Waals surface area contributed by atoms with Crippen LogP contribution in [0.5, 0.6) is 0 Å². The Hall–Kier alpha value is -3.83. The molecule has 3 heterocycles. The molecule has 3 aromatic rings. The van der Waals surface area contributed by atoms with Crippen LogP contribution in [0.4, 0.5) is 0 Å². The molecule has 2 aliphatic heterocycles. The van der Waals surface area contributed by atoms with Gasteiger partial charge in [-0.25, -0.2) is 4.79 Å². The lowest BCUT2D eigenvalue weighted by Gasteiger charge is -2.49. The van der Waals surface area contributed by atoms with Crippen LogP contribution in [0.25, 0.3) is 0 Å². The molecule has 2 aromatic carbocycles. The summed E-state index contributed by atoms with van der Waals surface area (Å²) in [7, 11) is 1.31. The monoisotopic (exact) mass is 609 g/mol. The minimum absolute atomic E-state index is 0.0977. The van der Waals surface area contributed by atoms with Crippen molar-refractivity contribution in [2.75, 3.05) is 18.2 Å². The number of ether oxygens (including phenoxy) is 1. The average molecular weight is 610 g/mol. The number of fused-ring (bicyclic) bond motifs is 1. The first-order valence-corrected chi connectivity index (χ1v) is 14.2. The van der Waals surface area contributed by atoms with Gasteiger partial charge in [0.05, 0.1) is 6.26 Å². The zero-order valence-corrected chi connectivity index (χ0v) is 23.2. The standard InChI is InChI=1S/C28H24BrN3O6S/c1-36-31-21(20-13-8-14-37-20)25(33)30-22-26(34)32-23(19(15-29)16-39-27(22)32)28(35)38-24(17-9-4-2-5-10-17)18-11-6-3-7-12-18/h2-14,22,24,27H,15-16H2,1H3,(H,30,33)/t22-,27-/m1/s1. The number of benzene rings is 2. The van der Waals surface area contributed by atoms with Crippen LogP contribution in [0.1, 0.15) is 23.0 Å². The maximum Gasteiger partial charge on any atom is 0.356 e. The van der Waals surface area contributed by atoms with Crippen molar-refractivity contribution in [2.24, 2.45) is 5.16 Å². The van der Waals surface area contributed by atoms with Crippen LogP contribution in [-0.4, -0.2) is 58.0 Å². The van der Waals surface area contributed by atoms with E-state index in [-0.39, 0.29) is 17.2 Å². The zero-order valence-electron chi connectivity index (χ0n) is 20.8. The molecule has 39 heavy (non-hydrogen) atoms. The molecule has 2 atom stereocenters. The molecule has 1 saturated heterocycles. The van der Waals surface area contributed by atoms with Gasteiger partial charge in [-0.3, -0.25) is 14.5 Å². The van der Waals surface area contributed by atoms with Crippen molar-refractivity contribution in [3.05, 3.63) is 107 Å². The van der Waals surface area contributed by atoms with Crippen molar-refractivity contribution in [3.8, 4) is 0 Å². The number of amides is 2. The average Bonchev–Trinajstić information content (AvgIpc) is 3.52. The van der Waals surface area contributed by atoms with Crippen LogP contribution in [0.15, 0.2) is 99.9 Å². The number of thioether (sulfide) groups is 1. The molecule has 1 aromatic heterocycles. The predicted molar refractivity (Wildman–Crippen MR) is 149 cm³/mol. The van der Waals surface area contributed by atoms with Gasteiger partial charge in [-0.15, -0.1) is 11.8 Å². The fraction of sp³-hybridized carbons (Fsp3) is 0.214. The van der Waals surface area contributed by atoms with E-state index in [2.05, 4.69) is 26.4 Å². The summed E-state index contributed by atoms with van der Waals surface area (Å²) >= 11 is 4.91. The van der Waals surface area contributed by atoms with Gasteiger partial charge in [0, 0.05) is 11.1 Å². The van der Waals surface area contributed by atoms with Gasteiger partial charge in [0.1, 0.15) is 24.2 Å². The van der Waals surface area contributed by atoms with E-state index in [0.717, 1.165) is 16.7 Å². The van der Waals surface area contributed by atoms with E-state index in [1.165, 1.54) is 30.0 Å². The molecule has 9 nitrogen and oxygen atoms in total. The van der Waals surface area contributed by atoms with Gasteiger partial charge in [-0.05, 0) is 28.8 Å². The number of β-lactam (4-membered cyclic amide) rings is 1. The normalized spacial score (nSPS) is 18.9. The fourth-order valence-electron chi connectivity index (χ4n) is 4.43. The van der Waals surface area contributed by atoms with Crippen LogP contribution in [0.2, 0.25) is 0 Å². The summed E-state index contributed by atoms with van der Waals surface area (Å²) in [6, 6.07) is 21.2. The Morgan fingerprint density at radius 2 is 1.77 bits per heavy atom. The van der Waals surface area contributed by atoms with Gasteiger partial charge < -0.3 is 19.3 Å². The number of oxime groups is 1. The summed E-state index contributed by atoms with van der Waals surface area (Å²) in [5.74, 6) is -0.971. The first kappa shape index (κ1) is 26.8. The van der Waals surface area contributed by atoms with E-state index in [1.54, 1.807) is 12.1 Å². The lowest BCUT2D eigenvalue weighted by Crippen LogP contribution is -2.71. The minimum atomic E-state index is -0.863. The quantitative estimate of drug-likeness (QED) is 0.128. The first-order chi connectivity index (χ1) is 19.0. The van der Waals surface area contributed by atoms with E-state index in [9.17, 15) is 14.4 Å². The molecule has 0 unspecified atom stereocenters. The van der Waals surface area contributed by atoms with Crippen LogP contribution in [-0.2, 0) is 24.0 Å². The van der Waals surface area contributed by atoms with Crippen molar-refractivity contribution >= 4 is 51.2 Å². The third kappa shape index (κ3) is 5.37. The number of nitrogens with zero attached hydrogens (tertiary/aromatic N) is 2. The summed E-state index contributed by atoms with van der Waals surface area (Å²) < 4.78 is 11.4. The number of rotatable bonds is 9. The molecule has 0 bridgehead atoms. The molecule has 0 spiro atoms. The van der Waals surface area contributed by atoms with Gasteiger partial charge in [0.2, 0.25) is 5.71 Å². The Balaban J connectivity index is 1.37. The third-order valence-corrected chi connectivity index (χ3v) is 8.29. The van der Waals surface area contributed by atoms with Gasteiger partial charge in [0.25, 0.3) is 11.8 Å². The Morgan fingerprint density at radius 1 is 1.10 bits per heavy atom. The van der Waals surface area contributed by atoms with E-state index in [1.807, 2.05) is 60.7 Å². The maximum absolute atomic E-state index is 13.7. The summed E-state index contributed by atoms with van der Waals surface area (Å²) in [5, 5.41) is 6.37. The van der Waals surface area contributed by atoms with Crippen LogP contribution in [0.3, 0.4) is 0 Å². The Morgan fingerprint density at radius 3 is 2.33 bits per heavy atom. The number of esters is 1. The van der Waals surface area contributed by atoms with Gasteiger partial charge in [0.15, 0.2) is 11.9 Å². The summed E-state index contributed by atoms with van der Waals surface area (Å²) in [4.78, 5) is 46.2. The maximum atomic E-state index is 13.7.